The maximum atomic E-state index is 13.1. The lowest BCUT2D eigenvalue weighted by atomic mass is 10.0. The fraction of sp³-hybridized carbons (Fsp3) is 0.696. The summed E-state index contributed by atoms with van der Waals surface area (Å²) < 4.78 is 13.1. The molecule has 1 aliphatic carbocycles. The molecule has 6 heteroatoms. The molecule has 0 aromatic heterocycles. The first-order chi connectivity index (χ1) is 14.2. The van der Waals surface area contributed by atoms with Crippen molar-refractivity contribution in [3.8, 4) is 0 Å². The summed E-state index contributed by atoms with van der Waals surface area (Å²) in [5.41, 5.74) is 1.06. The van der Waals surface area contributed by atoms with Gasteiger partial charge in [0.05, 0.1) is 0 Å². The molecule has 160 valence electrons. The minimum Gasteiger partial charge on any atom is -0.371 e. The van der Waals surface area contributed by atoms with E-state index in [-0.39, 0.29) is 11.8 Å². The van der Waals surface area contributed by atoms with Crippen LogP contribution in [0.25, 0.3) is 0 Å². The summed E-state index contributed by atoms with van der Waals surface area (Å²) in [5, 5.41) is 6.25. The van der Waals surface area contributed by atoms with E-state index < -0.39 is 0 Å². The number of carbonyl (C=O) groups excluding carboxylic acids is 1. The Balaban J connectivity index is 1.11. The second-order valence-electron chi connectivity index (χ2n) is 9.16. The molecule has 3 fully saturated rings. The lowest BCUT2D eigenvalue weighted by molar-refractivity contribution is 0.171. The Kier molecular flexibility index (Phi) is 6.90. The van der Waals surface area contributed by atoms with E-state index in [1.54, 1.807) is 0 Å². The monoisotopic (exact) mass is 402 g/mol. The van der Waals surface area contributed by atoms with Gasteiger partial charge < -0.3 is 20.4 Å². The highest BCUT2D eigenvalue weighted by Gasteiger charge is 2.26. The topological polar surface area (TPSA) is 47.6 Å². The molecule has 2 saturated heterocycles. The van der Waals surface area contributed by atoms with E-state index in [2.05, 4.69) is 20.4 Å². The molecular formula is C23H35FN4O. The summed E-state index contributed by atoms with van der Waals surface area (Å²) in [4.78, 5) is 17.2. The van der Waals surface area contributed by atoms with Gasteiger partial charge in [-0.15, -0.1) is 0 Å². The predicted molar refractivity (Wildman–Crippen MR) is 115 cm³/mol. The van der Waals surface area contributed by atoms with Crippen LogP contribution in [0.15, 0.2) is 24.3 Å². The van der Waals surface area contributed by atoms with E-state index in [1.807, 2.05) is 12.1 Å². The van der Waals surface area contributed by atoms with E-state index in [0.29, 0.717) is 18.5 Å². The molecule has 1 aromatic rings. The summed E-state index contributed by atoms with van der Waals surface area (Å²) in [5.74, 6) is 1.15. The Hall–Kier alpha value is -1.82. The zero-order valence-electron chi connectivity index (χ0n) is 17.4. The van der Waals surface area contributed by atoms with E-state index in [9.17, 15) is 9.18 Å². The van der Waals surface area contributed by atoms with Crippen LogP contribution in [-0.4, -0.2) is 56.2 Å². The Morgan fingerprint density at radius 2 is 1.69 bits per heavy atom. The molecule has 29 heavy (non-hydrogen) atoms. The molecule has 5 nitrogen and oxygen atoms in total. The number of piperidine rings is 1. The second-order valence-corrected chi connectivity index (χ2v) is 9.16. The normalized spacial score (nSPS) is 24.2. The van der Waals surface area contributed by atoms with Crippen LogP contribution >= 0.6 is 0 Å². The van der Waals surface area contributed by atoms with Crippen molar-refractivity contribution in [1.82, 2.24) is 15.5 Å². The SMILES string of the molecule is O=C(NCC1CCN(c2ccc(F)cc2)C1)NC1CCN(CC2CCCC2)CC1. The fourth-order valence-corrected chi connectivity index (χ4v) is 5.18. The van der Waals surface area contributed by atoms with Crippen LogP contribution in [0, 0.1) is 17.7 Å². The van der Waals surface area contributed by atoms with Crippen LogP contribution in [0.3, 0.4) is 0 Å². The van der Waals surface area contributed by atoms with Crippen molar-refractivity contribution in [2.75, 3.05) is 44.2 Å². The number of likely N-dealkylation sites (tertiary alicyclic amines) is 1. The zero-order valence-corrected chi connectivity index (χ0v) is 17.4. The molecular weight excluding hydrogens is 367 g/mol. The van der Waals surface area contributed by atoms with Crippen LogP contribution < -0.4 is 15.5 Å². The Morgan fingerprint density at radius 3 is 2.41 bits per heavy atom. The van der Waals surface area contributed by atoms with Crippen molar-refractivity contribution < 1.29 is 9.18 Å². The van der Waals surface area contributed by atoms with E-state index in [4.69, 9.17) is 0 Å². The molecule has 1 atom stereocenters. The molecule has 4 rings (SSSR count). The maximum absolute atomic E-state index is 13.1. The van der Waals surface area contributed by atoms with Gasteiger partial charge in [0.15, 0.2) is 0 Å². The van der Waals surface area contributed by atoms with Gasteiger partial charge in [-0.25, -0.2) is 9.18 Å². The van der Waals surface area contributed by atoms with Gasteiger partial charge in [0.2, 0.25) is 0 Å². The smallest absolute Gasteiger partial charge is 0.315 e. The molecule has 0 bridgehead atoms. The molecule has 1 unspecified atom stereocenters. The van der Waals surface area contributed by atoms with Crippen molar-refractivity contribution in [2.45, 2.75) is 51.0 Å². The zero-order chi connectivity index (χ0) is 20.1. The number of anilines is 1. The summed E-state index contributed by atoms with van der Waals surface area (Å²) >= 11 is 0. The van der Waals surface area contributed by atoms with Crippen molar-refractivity contribution in [3.63, 3.8) is 0 Å². The molecule has 2 amide bonds. The van der Waals surface area contributed by atoms with Gasteiger partial charge in [-0.3, -0.25) is 0 Å². The van der Waals surface area contributed by atoms with E-state index in [0.717, 1.165) is 57.0 Å². The third kappa shape index (κ3) is 5.84. The second kappa shape index (κ2) is 9.79. The van der Waals surface area contributed by atoms with Crippen molar-refractivity contribution in [2.24, 2.45) is 11.8 Å². The van der Waals surface area contributed by atoms with E-state index >= 15 is 0 Å². The van der Waals surface area contributed by atoms with Gasteiger partial charge in [-0.1, -0.05) is 12.8 Å². The predicted octanol–water partition coefficient (Wildman–Crippen LogP) is 3.61. The van der Waals surface area contributed by atoms with Crippen molar-refractivity contribution in [3.05, 3.63) is 30.1 Å². The molecule has 0 radical (unpaired) electrons. The number of urea groups is 1. The number of carbonyl (C=O) groups is 1. The molecule has 2 N–H and O–H groups in total. The minimum atomic E-state index is -0.202. The highest BCUT2D eigenvalue weighted by atomic mass is 19.1. The fourth-order valence-electron chi connectivity index (χ4n) is 5.18. The molecule has 1 saturated carbocycles. The van der Waals surface area contributed by atoms with Gasteiger partial charge in [0.25, 0.3) is 0 Å². The first kappa shape index (κ1) is 20.5. The average Bonchev–Trinajstić information content (AvgIpc) is 3.41. The molecule has 2 aliphatic heterocycles. The lowest BCUT2D eigenvalue weighted by Gasteiger charge is -2.33. The first-order valence-electron chi connectivity index (χ1n) is 11.4. The van der Waals surface area contributed by atoms with Crippen LogP contribution in [-0.2, 0) is 0 Å². The number of hydrogen-bond donors (Lipinski definition) is 2. The van der Waals surface area contributed by atoms with Gasteiger partial charge in [-0.2, -0.15) is 0 Å². The molecule has 0 spiro atoms. The number of rotatable bonds is 6. The molecule has 1 aromatic carbocycles. The highest BCUT2D eigenvalue weighted by Crippen LogP contribution is 2.26. The van der Waals surface area contributed by atoms with E-state index in [1.165, 1.54) is 44.4 Å². The van der Waals surface area contributed by atoms with Crippen LogP contribution in [0.1, 0.15) is 44.9 Å². The van der Waals surface area contributed by atoms with Crippen LogP contribution in [0.2, 0.25) is 0 Å². The Morgan fingerprint density at radius 1 is 0.966 bits per heavy atom. The van der Waals surface area contributed by atoms with Crippen molar-refractivity contribution in [1.29, 1.82) is 0 Å². The van der Waals surface area contributed by atoms with Crippen LogP contribution in [0.5, 0.6) is 0 Å². The lowest BCUT2D eigenvalue weighted by Crippen LogP contribution is -2.49. The summed E-state index contributed by atoms with van der Waals surface area (Å²) in [6.07, 6.45) is 8.79. The van der Waals surface area contributed by atoms with Crippen LogP contribution in [0.4, 0.5) is 14.9 Å². The minimum absolute atomic E-state index is 0.0283. The van der Waals surface area contributed by atoms with Gasteiger partial charge in [-0.05, 0) is 68.2 Å². The molecule has 3 aliphatic rings. The number of hydrogen-bond acceptors (Lipinski definition) is 3. The van der Waals surface area contributed by atoms with Gasteiger partial charge in [0, 0.05) is 51.0 Å². The van der Waals surface area contributed by atoms with Gasteiger partial charge in [0.1, 0.15) is 5.82 Å². The number of halogens is 1. The number of amides is 2. The number of benzene rings is 1. The van der Waals surface area contributed by atoms with Gasteiger partial charge >= 0.3 is 6.03 Å². The Bertz CT molecular complexity index is 653. The average molecular weight is 403 g/mol. The largest absolute Gasteiger partial charge is 0.371 e. The third-order valence-corrected chi connectivity index (χ3v) is 6.94. The third-order valence-electron chi connectivity index (χ3n) is 6.94. The summed E-state index contributed by atoms with van der Waals surface area (Å²) in [7, 11) is 0. The first-order valence-corrected chi connectivity index (χ1v) is 11.4. The summed E-state index contributed by atoms with van der Waals surface area (Å²) in [6, 6.07) is 6.95. The number of nitrogens with zero attached hydrogens (tertiary/aromatic N) is 2. The highest BCUT2D eigenvalue weighted by molar-refractivity contribution is 5.74. The molecule has 2 heterocycles. The maximum Gasteiger partial charge on any atom is 0.315 e. The summed E-state index contributed by atoms with van der Waals surface area (Å²) in [6.45, 7) is 6.03. The Labute approximate surface area is 174 Å². The van der Waals surface area contributed by atoms with Crippen molar-refractivity contribution >= 4 is 11.7 Å². The quantitative estimate of drug-likeness (QED) is 0.764. The standard InChI is InChI=1S/C23H35FN4O/c24-20-5-7-22(8-6-20)28-14-9-19(17-28)15-25-23(29)26-21-10-12-27(13-11-21)16-18-3-1-2-4-18/h5-8,18-19,21H,1-4,9-17H2,(H2,25,26,29). The number of nitrogens with one attached hydrogen (secondary N) is 2.